The van der Waals surface area contributed by atoms with E-state index in [4.69, 9.17) is 5.73 Å². The van der Waals surface area contributed by atoms with Crippen LogP contribution in [0.1, 0.15) is 121 Å². The van der Waals surface area contributed by atoms with Crippen molar-refractivity contribution in [3.63, 3.8) is 0 Å². The number of nitrogens with one attached hydrogen (secondary N) is 10. The molecular weight excluding hydrogens is 1650 g/mol. The first-order valence-electron chi connectivity index (χ1n) is 42.5. The number of aryl methyl sites for hydroxylation is 1. The Morgan fingerprint density at radius 1 is 0.488 bits per heavy atom. The number of benzene rings is 5. The number of unbranched alkanes of at least 4 members (excludes halogenated alkanes) is 1. The summed E-state index contributed by atoms with van der Waals surface area (Å²) in [6, 6.07) is 19.4. The number of likely N-dealkylation sites (N-methyl/N-ethyl adjacent to an activating group) is 5. The lowest BCUT2D eigenvalue weighted by Gasteiger charge is -2.37. The summed E-state index contributed by atoms with van der Waals surface area (Å²) < 4.78 is 0. The van der Waals surface area contributed by atoms with Crippen LogP contribution in [0.5, 0.6) is 11.5 Å². The molecule has 1 unspecified atom stereocenters. The number of aromatic nitrogens is 1. The average Bonchev–Trinajstić information content (AvgIpc) is 1.77. The third kappa shape index (κ3) is 30.7. The van der Waals surface area contributed by atoms with Crippen molar-refractivity contribution in [3.05, 3.63) is 167 Å². The number of carboxylic acids is 1. The number of para-hydroxylation sites is 1. The zero-order valence-corrected chi connectivity index (χ0v) is 74.8. The number of carbonyl (C=O) groups excluding carboxylic acids is 15. The van der Waals surface area contributed by atoms with Crippen LogP contribution < -0.4 is 53.6 Å². The number of nitrogens with zero attached hydrogens (tertiary/aromatic N) is 5. The second-order valence-corrected chi connectivity index (χ2v) is 34.0. The lowest BCUT2D eigenvalue weighted by Crippen LogP contribution is -2.61. The highest BCUT2D eigenvalue weighted by molar-refractivity contribution is 8.00. The summed E-state index contributed by atoms with van der Waals surface area (Å²) in [7, 11) is 6.57. The fourth-order valence-corrected chi connectivity index (χ4v) is 15.6. The minimum atomic E-state index is -1.90. The van der Waals surface area contributed by atoms with Gasteiger partial charge in [-0.05, 0) is 102 Å². The van der Waals surface area contributed by atoms with Gasteiger partial charge in [0.2, 0.25) is 88.6 Å². The SMILES string of the molecule is CCCC[C@H]1C(=O)N(C)CC(=O)N[C@@H](CC(=O)O)C(=O)N[C@@H](C(C)C)C(=O)N(C)[C@@H](Cc2ccccc2)C(=O)N[C@@H](Cc2ccc(O)cc2)C(=O)N(C)CC(=O)N[C@@H](Cc2c[nH]c3ccccc23)C(=O)N[C@H](CCc2ccc(O)cc2)C(=O)N[C@@H](CC(C)C)C(=O)N[C@H](C(=O)NCC(N)=O)CSCC(=O)N[C@@H](C(C)CC)C(=O)N(C)[C@@H](Cc2ccccc2)C(=O)N1C. The lowest BCUT2D eigenvalue weighted by atomic mass is 9.95. The molecule has 12 atom stereocenters. The van der Waals surface area contributed by atoms with Gasteiger partial charge in [0.15, 0.2) is 0 Å². The molecular formula is C91H122N16O19S. The molecule has 2 heterocycles. The number of thioether (sulfide) groups is 1. The van der Waals surface area contributed by atoms with Crippen LogP contribution >= 0.6 is 11.8 Å². The van der Waals surface area contributed by atoms with Crippen molar-refractivity contribution < 1.29 is 92.0 Å². The van der Waals surface area contributed by atoms with Gasteiger partial charge in [-0.2, -0.15) is 0 Å². The number of aliphatic carboxylic acids is 1. The Hall–Kier alpha value is -12.9. The second-order valence-electron chi connectivity index (χ2n) is 33.0. The van der Waals surface area contributed by atoms with Gasteiger partial charge in [0.25, 0.3) is 0 Å². The summed E-state index contributed by atoms with van der Waals surface area (Å²) in [5.41, 5.74) is 8.78. The van der Waals surface area contributed by atoms with Gasteiger partial charge < -0.3 is 98.4 Å². The topological polar surface area (TPSA) is 500 Å². The third-order valence-electron chi connectivity index (χ3n) is 22.2. The largest absolute Gasteiger partial charge is 0.508 e. The van der Waals surface area contributed by atoms with Crippen molar-refractivity contribution in [1.29, 1.82) is 0 Å². The van der Waals surface area contributed by atoms with Gasteiger partial charge in [0, 0.05) is 83.8 Å². The van der Waals surface area contributed by atoms with E-state index < -0.39 is 205 Å². The number of amides is 15. The predicted octanol–water partition coefficient (Wildman–Crippen LogP) is 2.52. The number of phenolic OH excluding ortho intramolecular Hbond substituents is 2. The molecule has 35 nitrogen and oxygen atoms in total. The average molecular weight is 1780 g/mol. The molecule has 1 fully saturated rings. The summed E-state index contributed by atoms with van der Waals surface area (Å²) in [5.74, 6) is -17.6. The zero-order chi connectivity index (χ0) is 93.5. The second kappa shape index (κ2) is 49.1. The van der Waals surface area contributed by atoms with Gasteiger partial charge in [0.1, 0.15) is 78.0 Å². The van der Waals surface area contributed by atoms with Crippen LogP contribution in [0.15, 0.2) is 140 Å². The molecule has 15 N–H and O–H groups in total. The molecule has 1 aliphatic rings. The summed E-state index contributed by atoms with van der Waals surface area (Å²) in [6.07, 6.45) is 0.877. The molecule has 7 rings (SSSR count). The van der Waals surface area contributed by atoms with Gasteiger partial charge in [-0.1, -0.05) is 171 Å². The Morgan fingerprint density at radius 3 is 1.57 bits per heavy atom. The molecule has 6 aromatic rings. The van der Waals surface area contributed by atoms with Crippen molar-refractivity contribution >= 4 is 117 Å². The number of nitrogens with two attached hydrogens (primary N) is 1. The molecule has 1 aromatic heterocycles. The van der Waals surface area contributed by atoms with Gasteiger partial charge in [0.05, 0.1) is 31.8 Å². The Balaban J connectivity index is 1.33. The maximum atomic E-state index is 15.4. The number of carbonyl (C=O) groups is 16. The molecule has 0 radical (unpaired) electrons. The van der Waals surface area contributed by atoms with Crippen LogP contribution in [-0.2, 0) is 109 Å². The number of aromatic hydroxyl groups is 2. The number of hydrogen-bond acceptors (Lipinski definition) is 19. The Morgan fingerprint density at radius 2 is 0.992 bits per heavy atom. The van der Waals surface area contributed by atoms with Crippen LogP contribution in [0.2, 0.25) is 0 Å². The van der Waals surface area contributed by atoms with E-state index in [2.05, 4.69) is 52.8 Å². The lowest BCUT2D eigenvalue weighted by molar-refractivity contribution is -0.151. The highest BCUT2D eigenvalue weighted by atomic mass is 32.2. The quantitative estimate of drug-likeness (QED) is 0.0414. The number of primary amides is 1. The van der Waals surface area contributed by atoms with E-state index in [1.165, 1.54) is 81.4 Å². The van der Waals surface area contributed by atoms with Crippen LogP contribution in [0.3, 0.4) is 0 Å². The van der Waals surface area contributed by atoms with E-state index in [1.54, 1.807) is 145 Å². The van der Waals surface area contributed by atoms with Gasteiger partial charge in [-0.25, -0.2) is 0 Å². The van der Waals surface area contributed by atoms with E-state index in [0.29, 0.717) is 58.0 Å². The Bertz CT molecular complexity index is 4810. The molecule has 1 aliphatic heterocycles. The minimum Gasteiger partial charge on any atom is -0.508 e. The smallest absolute Gasteiger partial charge is 0.305 e. The van der Waals surface area contributed by atoms with Crippen molar-refractivity contribution in [2.75, 3.05) is 66.4 Å². The van der Waals surface area contributed by atoms with Crippen molar-refractivity contribution in [2.45, 2.75) is 192 Å². The van der Waals surface area contributed by atoms with Crippen molar-refractivity contribution in [1.82, 2.24) is 77.3 Å². The number of hydrogen-bond donors (Lipinski definition) is 14. The van der Waals surface area contributed by atoms with Crippen LogP contribution in [0.4, 0.5) is 0 Å². The molecule has 36 heteroatoms. The van der Waals surface area contributed by atoms with Gasteiger partial charge >= 0.3 is 5.97 Å². The zero-order valence-electron chi connectivity index (χ0n) is 74.0. The molecule has 0 spiro atoms. The fourth-order valence-electron chi connectivity index (χ4n) is 14.7. The predicted molar refractivity (Wildman–Crippen MR) is 476 cm³/mol. The number of aromatic amines is 1. The summed E-state index contributed by atoms with van der Waals surface area (Å²) in [5, 5.41) is 55.5. The van der Waals surface area contributed by atoms with E-state index >= 15 is 33.6 Å². The first-order valence-corrected chi connectivity index (χ1v) is 43.7. The van der Waals surface area contributed by atoms with Crippen LogP contribution in [0.25, 0.3) is 10.9 Å². The Kier molecular flexibility index (Phi) is 39.1. The highest BCUT2D eigenvalue weighted by Crippen LogP contribution is 2.25. The molecule has 686 valence electrons. The van der Waals surface area contributed by atoms with E-state index in [1.807, 2.05) is 6.92 Å². The third-order valence-corrected chi connectivity index (χ3v) is 23.3. The number of H-pyrrole nitrogens is 1. The van der Waals surface area contributed by atoms with E-state index in [-0.39, 0.29) is 74.5 Å². The summed E-state index contributed by atoms with van der Waals surface area (Å²) >= 11 is 0.847. The van der Waals surface area contributed by atoms with E-state index in [9.17, 15) is 58.5 Å². The molecule has 0 aliphatic carbocycles. The number of rotatable bonds is 24. The van der Waals surface area contributed by atoms with E-state index in [0.717, 1.165) is 26.5 Å². The first kappa shape index (κ1) is 101. The molecule has 0 bridgehead atoms. The van der Waals surface area contributed by atoms with Gasteiger partial charge in [-0.15, -0.1) is 11.8 Å². The Labute approximate surface area is 743 Å². The maximum Gasteiger partial charge on any atom is 0.305 e. The van der Waals surface area contributed by atoms with Crippen molar-refractivity contribution in [2.24, 2.45) is 23.5 Å². The van der Waals surface area contributed by atoms with Crippen molar-refractivity contribution in [3.8, 4) is 11.5 Å². The monoisotopic (exact) mass is 1770 g/mol. The fraction of sp³-hybridized carbons (Fsp3) is 0.473. The standard InChI is InChI=1S/C91H122N16O19S/c1-13-15-30-71-88(123)104(9)50-76(112)96-68(46-78(114)115)85(120)102-79(54(5)6)90(125)106(11)72(43-57-24-18-16-19-25-57)86(121)99-69(42-59-33-38-62(109)39-34-59)87(122)103(8)49-75(111)95-67(45-60-47-93-64-29-23-22-28-63(60)64)84(119)97-65(40-35-56-31-36-61(108)37-32-56)82(117)98-66(41-53(3)4)83(118)100-70(81(116)94-48-74(92)110)51-127-52-77(113)101-80(55(7)14-2)91(126)107(12)73(89(124)105(71)10)44-58-26-20-17-21-27-58/h16-29,31-34,36-39,47,53-55,65-73,79-80,93,108-109H,13-15,30,35,40-46,48-52H2,1-12H3,(H2,92,110)(H,94,116)(H,95,111)(H,96,112)(H,97,119)(H,98,117)(H,99,121)(H,100,118)(H,101,113)(H,102,120)(H,114,115)/t55?,65-,66+,67+,68+,69+,70+,71+,72+,73+,79+,80+/m1/s1. The number of carboxylic acid groups (broad SMARTS) is 1. The number of phenols is 2. The summed E-state index contributed by atoms with van der Waals surface area (Å²) in [6.45, 7) is 9.72. The summed E-state index contributed by atoms with van der Waals surface area (Å²) in [4.78, 5) is 243. The molecule has 127 heavy (non-hydrogen) atoms. The van der Waals surface area contributed by atoms with Crippen LogP contribution in [-0.4, -0.2) is 272 Å². The molecule has 1 saturated heterocycles. The normalized spacial score (nSPS) is 22.4. The molecule has 5 aromatic carbocycles. The molecule has 15 amide bonds. The first-order chi connectivity index (χ1) is 60.3. The van der Waals surface area contributed by atoms with Gasteiger partial charge in [-0.3, -0.25) is 76.7 Å². The van der Waals surface area contributed by atoms with Crippen LogP contribution in [0, 0.1) is 17.8 Å². The maximum absolute atomic E-state index is 15.4. The highest BCUT2D eigenvalue weighted by Gasteiger charge is 2.43. The number of fused-ring (bicyclic) bond motifs is 1. The minimum absolute atomic E-state index is 0.0435. The molecule has 0 saturated carbocycles.